The molecule has 37 heavy (non-hydrogen) atoms. The molecule has 194 valence electrons. The van der Waals surface area contributed by atoms with E-state index in [4.69, 9.17) is 4.74 Å². The lowest BCUT2D eigenvalue weighted by atomic mass is 10.0. The van der Waals surface area contributed by atoms with Crippen LogP contribution in [-0.4, -0.2) is 58.2 Å². The Morgan fingerprint density at radius 2 is 1.81 bits per heavy atom. The maximum atomic E-state index is 13.7. The number of aliphatic carboxylic acids is 1. The number of halogens is 1. The number of aryl methyl sites for hydroxylation is 1. The van der Waals surface area contributed by atoms with Crippen molar-refractivity contribution in [3.63, 3.8) is 0 Å². The molecule has 0 aromatic heterocycles. The summed E-state index contributed by atoms with van der Waals surface area (Å²) in [6.07, 6.45) is -0.323. The first-order valence-electron chi connectivity index (χ1n) is 11.8. The van der Waals surface area contributed by atoms with Gasteiger partial charge in [-0.2, -0.15) is 0 Å². The monoisotopic (exact) mass is 571 g/mol. The third-order valence-electron chi connectivity index (χ3n) is 6.43. The molecule has 0 aliphatic carbocycles. The van der Waals surface area contributed by atoms with Crippen LogP contribution >= 0.6 is 15.9 Å². The van der Waals surface area contributed by atoms with E-state index in [2.05, 4.69) is 26.6 Å². The minimum absolute atomic E-state index is 0.0409. The third kappa shape index (κ3) is 5.99. The summed E-state index contributed by atoms with van der Waals surface area (Å²) in [4.78, 5) is 64.3. The van der Waals surface area contributed by atoms with Gasteiger partial charge in [-0.1, -0.05) is 64.5 Å². The highest BCUT2D eigenvalue weighted by Gasteiger charge is 2.44. The number of hydrogen-bond donors (Lipinski definition) is 3. The molecular formula is C26H26BrN3O7. The maximum absolute atomic E-state index is 13.7. The van der Waals surface area contributed by atoms with Crippen LogP contribution in [0.15, 0.2) is 48.5 Å². The molecule has 11 heteroatoms. The Kier molecular flexibility index (Phi) is 8.22. The van der Waals surface area contributed by atoms with E-state index in [9.17, 15) is 29.1 Å². The fraction of sp³-hybridized carbons (Fsp3) is 0.346. The summed E-state index contributed by atoms with van der Waals surface area (Å²) < 4.78 is 5.28. The number of alkyl carbamates (subject to hydrolysis) is 1. The molecule has 3 atom stereocenters. The number of rotatable bonds is 9. The van der Waals surface area contributed by atoms with Gasteiger partial charge in [0.05, 0.1) is 23.5 Å². The van der Waals surface area contributed by atoms with Crippen LogP contribution in [0.4, 0.5) is 10.5 Å². The molecule has 2 aromatic rings. The van der Waals surface area contributed by atoms with Crippen LogP contribution in [0.5, 0.6) is 0 Å². The van der Waals surface area contributed by atoms with E-state index in [1.807, 2.05) is 48.5 Å². The van der Waals surface area contributed by atoms with Crippen molar-refractivity contribution in [1.82, 2.24) is 10.6 Å². The van der Waals surface area contributed by atoms with E-state index >= 15 is 0 Å². The van der Waals surface area contributed by atoms with Gasteiger partial charge in [0, 0.05) is 6.42 Å². The van der Waals surface area contributed by atoms with Crippen molar-refractivity contribution in [3.05, 3.63) is 65.2 Å². The Hall–Kier alpha value is -3.73. The first-order chi connectivity index (χ1) is 17.8. The van der Waals surface area contributed by atoms with Crippen molar-refractivity contribution in [2.24, 2.45) is 0 Å². The van der Waals surface area contributed by atoms with Gasteiger partial charge in [-0.3, -0.25) is 24.1 Å². The van der Waals surface area contributed by atoms with Gasteiger partial charge in [0.25, 0.3) is 0 Å². The summed E-state index contributed by atoms with van der Waals surface area (Å²) in [5.74, 6) is -2.83. The second kappa shape index (κ2) is 11.5. The first kappa shape index (κ1) is 26.3. The molecule has 0 saturated carbocycles. The van der Waals surface area contributed by atoms with Gasteiger partial charge in [0.2, 0.25) is 11.8 Å². The molecule has 4 rings (SSSR count). The number of nitrogens with zero attached hydrogens (tertiary/aromatic N) is 1. The summed E-state index contributed by atoms with van der Waals surface area (Å²) in [6.45, 7) is 0.0409. The van der Waals surface area contributed by atoms with Crippen LogP contribution < -0.4 is 15.5 Å². The van der Waals surface area contributed by atoms with Crippen molar-refractivity contribution < 1.29 is 33.8 Å². The topological polar surface area (TPSA) is 142 Å². The average molecular weight is 572 g/mol. The highest BCUT2D eigenvalue weighted by Crippen LogP contribution is 2.39. The summed E-state index contributed by atoms with van der Waals surface area (Å²) in [6, 6.07) is 11.5. The van der Waals surface area contributed by atoms with Gasteiger partial charge in [-0.25, -0.2) is 4.79 Å². The molecule has 2 heterocycles. The van der Waals surface area contributed by atoms with E-state index in [0.29, 0.717) is 18.5 Å². The number of carboxylic acids is 1. The van der Waals surface area contributed by atoms with Crippen LogP contribution in [0.25, 0.3) is 0 Å². The molecule has 0 saturated heterocycles. The number of anilines is 1. The van der Waals surface area contributed by atoms with Gasteiger partial charge < -0.3 is 20.5 Å². The van der Waals surface area contributed by atoms with Crippen molar-refractivity contribution in [2.45, 2.75) is 50.4 Å². The molecule has 3 N–H and O–H groups in total. The predicted molar refractivity (Wildman–Crippen MR) is 136 cm³/mol. The highest BCUT2D eigenvalue weighted by molar-refractivity contribution is 9.09. The van der Waals surface area contributed by atoms with Crippen molar-refractivity contribution in [1.29, 1.82) is 0 Å². The fourth-order valence-corrected chi connectivity index (χ4v) is 5.05. The predicted octanol–water partition coefficient (Wildman–Crippen LogP) is 2.11. The number of para-hydroxylation sites is 1. The van der Waals surface area contributed by atoms with Crippen LogP contribution in [0.1, 0.15) is 29.5 Å². The van der Waals surface area contributed by atoms with E-state index in [-0.39, 0.29) is 18.4 Å². The Balaban J connectivity index is 1.52. The van der Waals surface area contributed by atoms with Crippen LogP contribution in [0.3, 0.4) is 0 Å². The van der Waals surface area contributed by atoms with Crippen molar-refractivity contribution >= 4 is 51.3 Å². The van der Waals surface area contributed by atoms with E-state index in [1.165, 1.54) is 4.90 Å². The number of ketones is 1. The van der Waals surface area contributed by atoms with Crippen LogP contribution in [-0.2, 0) is 43.4 Å². The number of carboxylic acid groups (broad SMARTS) is 1. The van der Waals surface area contributed by atoms with Crippen LogP contribution in [0, 0.1) is 0 Å². The summed E-state index contributed by atoms with van der Waals surface area (Å²) in [5.41, 5.74) is 3.07. The molecule has 2 aromatic carbocycles. The lowest BCUT2D eigenvalue weighted by Gasteiger charge is -2.28. The Labute approximate surface area is 221 Å². The number of hydrogen-bond acceptors (Lipinski definition) is 6. The molecule has 0 radical (unpaired) electrons. The minimum atomic E-state index is -1.24. The average Bonchev–Trinajstić information content (AvgIpc) is 3.23. The van der Waals surface area contributed by atoms with Gasteiger partial charge in [0.15, 0.2) is 5.78 Å². The van der Waals surface area contributed by atoms with Gasteiger partial charge in [0.1, 0.15) is 18.7 Å². The van der Waals surface area contributed by atoms with Gasteiger partial charge in [-0.15, -0.1) is 0 Å². The van der Waals surface area contributed by atoms with E-state index in [0.717, 1.165) is 16.7 Å². The lowest BCUT2D eigenvalue weighted by molar-refractivity contribution is -0.140. The number of Topliss-reactive ketones (excluding diaryl/α,β-unsaturated/α-hetero) is 1. The van der Waals surface area contributed by atoms with E-state index in [1.54, 1.807) is 0 Å². The molecule has 2 aliphatic heterocycles. The quantitative estimate of drug-likeness (QED) is 0.391. The summed E-state index contributed by atoms with van der Waals surface area (Å²) in [5, 5.41) is 14.2. The largest absolute Gasteiger partial charge is 0.481 e. The zero-order valence-electron chi connectivity index (χ0n) is 19.8. The van der Waals surface area contributed by atoms with Crippen molar-refractivity contribution in [3.8, 4) is 0 Å². The zero-order chi connectivity index (χ0) is 26.5. The Morgan fingerprint density at radius 3 is 2.51 bits per heavy atom. The lowest BCUT2D eigenvalue weighted by Crippen LogP contribution is -2.56. The molecule has 10 nitrogen and oxygen atoms in total. The smallest absolute Gasteiger partial charge is 0.408 e. The third-order valence-corrected chi connectivity index (χ3v) is 6.98. The molecule has 3 amide bonds. The fourth-order valence-electron chi connectivity index (χ4n) is 4.66. The van der Waals surface area contributed by atoms with Crippen molar-refractivity contribution in [2.75, 3.05) is 10.2 Å². The normalized spacial score (nSPS) is 18.8. The van der Waals surface area contributed by atoms with Gasteiger partial charge in [-0.05, 0) is 29.5 Å². The minimum Gasteiger partial charge on any atom is -0.481 e. The molecule has 0 bridgehead atoms. The standard InChI is InChI=1S/C26H26BrN3O7/c27-13-21(31)19(12-22(32)33)28-24(34)20-11-17-8-4-7-16-9-10-18(25(35)30(20)23(16)17)29-26(36)37-14-15-5-2-1-3-6-15/h1-8,18-20H,9-14H2,(H,28,34)(H,29,36)(H,32,33)/t18-,19?,20-/m0/s1. The molecule has 0 fully saturated rings. The number of amides is 3. The van der Waals surface area contributed by atoms with E-state index < -0.39 is 54.2 Å². The zero-order valence-corrected chi connectivity index (χ0v) is 21.4. The summed E-state index contributed by atoms with van der Waals surface area (Å²) >= 11 is 3.01. The summed E-state index contributed by atoms with van der Waals surface area (Å²) in [7, 11) is 0. The second-order valence-corrected chi connectivity index (χ2v) is 9.47. The number of carbonyl (C=O) groups excluding carboxylic acids is 4. The molecule has 1 unspecified atom stereocenters. The Bertz CT molecular complexity index is 1220. The molecule has 2 aliphatic rings. The number of alkyl halides is 1. The van der Waals surface area contributed by atoms with Gasteiger partial charge >= 0.3 is 12.1 Å². The molecular weight excluding hydrogens is 546 g/mol. The number of benzene rings is 2. The number of nitrogens with one attached hydrogen (secondary N) is 2. The number of carbonyl (C=O) groups is 5. The Morgan fingerprint density at radius 1 is 1.08 bits per heavy atom. The first-order valence-corrected chi connectivity index (χ1v) is 12.9. The highest BCUT2D eigenvalue weighted by atomic mass is 79.9. The SMILES string of the molecule is O=C(O)CC(NC(=O)[C@@H]1Cc2cccc3c2N1C(=O)[C@@H](NC(=O)OCc1ccccc1)CC3)C(=O)CBr. The van der Waals surface area contributed by atoms with Crippen LogP contribution in [0.2, 0.25) is 0 Å². The molecule has 0 spiro atoms. The second-order valence-electron chi connectivity index (χ2n) is 8.91. The number of ether oxygens (including phenoxy) is 1. The maximum Gasteiger partial charge on any atom is 0.408 e.